The summed E-state index contributed by atoms with van der Waals surface area (Å²) in [5.74, 6) is 0. The van der Waals surface area contributed by atoms with Crippen molar-refractivity contribution >= 4 is 29.6 Å². The second-order valence-corrected chi connectivity index (χ2v) is 6.19. The van der Waals surface area contributed by atoms with Gasteiger partial charge in [-0.15, -0.1) is 0 Å². The van der Waals surface area contributed by atoms with Gasteiger partial charge in [0.05, 0.1) is 0 Å². The van der Waals surface area contributed by atoms with Crippen molar-refractivity contribution in [2.24, 2.45) is 0 Å². The lowest BCUT2D eigenvalue weighted by molar-refractivity contribution is 0.250. The quantitative estimate of drug-likeness (QED) is 0.798. The fourth-order valence-corrected chi connectivity index (χ4v) is 2.18. The Morgan fingerprint density at radius 1 is 0.917 bits per heavy atom. The van der Waals surface area contributed by atoms with Crippen LogP contribution in [0, 0.1) is 0 Å². The Morgan fingerprint density at radius 3 is 1.88 bits per heavy atom. The normalized spacial score (nSPS) is 10.9. The van der Waals surface area contributed by atoms with Gasteiger partial charge in [-0.1, -0.05) is 36.4 Å². The third kappa shape index (κ3) is 5.47. The molecule has 2 aromatic rings. The first kappa shape index (κ1) is 17.6. The minimum Gasteiger partial charge on any atom is -0.378 e. The highest BCUT2D eigenvalue weighted by atomic mass is 16.2. The second-order valence-electron chi connectivity index (χ2n) is 6.19. The highest BCUT2D eigenvalue weighted by Gasteiger charge is 2.02. The van der Waals surface area contributed by atoms with Crippen LogP contribution in [0.1, 0.15) is 25.0 Å². The van der Waals surface area contributed by atoms with Gasteiger partial charge in [0.15, 0.2) is 0 Å². The smallest absolute Gasteiger partial charge is 0.319 e. The number of carbonyl (C=O) groups excluding carboxylic acids is 1. The molecule has 0 aromatic heterocycles. The molecule has 4 nitrogen and oxygen atoms in total. The predicted molar refractivity (Wildman–Crippen MR) is 103 cm³/mol. The molecule has 0 aliphatic heterocycles. The van der Waals surface area contributed by atoms with Crippen molar-refractivity contribution in [3.8, 4) is 0 Å². The van der Waals surface area contributed by atoms with E-state index in [9.17, 15) is 4.79 Å². The highest BCUT2D eigenvalue weighted by Crippen LogP contribution is 2.16. The Morgan fingerprint density at radius 2 is 1.42 bits per heavy atom. The van der Waals surface area contributed by atoms with Crippen LogP contribution in [0.4, 0.5) is 16.2 Å². The lowest BCUT2D eigenvalue weighted by atomic mass is 10.1. The lowest BCUT2D eigenvalue weighted by Gasteiger charge is -2.11. The summed E-state index contributed by atoms with van der Waals surface area (Å²) in [4.78, 5) is 13.7. The summed E-state index contributed by atoms with van der Waals surface area (Å²) in [5.41, 5.74) is 4.20. The van der Waals surface area contributed by atoms with E-state index in [4.69, 9.17) is 0 Å². The van der Waals surface area contributed by atoms with Crippen LogP contribution in [-0.2, 0) is 0 Å². The number of hydrogen-bond acceptors (Lipinski definition) is 2. The number of anilines is 2. The Bertz CT molecular complexity index is 686. The molecule has 0 atom stereocenters. The Kier molecular flexibility index (Phi) is 6.01. The lowest BCUT2D eigenvalue weighted by Crippen LogP contribution is -2.34. The first-order valence-corrected chi connectivity index (χ1v) is 8.07. The van der Waals surface area contributed by atoms with Crippen molar-refractivity contribution in [2.45, 2.75) is 19.9 Å². The molecule has 0 radical (unpaired) electrons. The molecular formula is C20H25N3O. The van der Waals surface area contributed by atoms with Gasteiger partial charge in [-0.2, -0.15) is 0 Å². The molecule has 2 amide bonds. The van der Waals surface area contributed by atoms with E-state index in [0.717, 1.165) is 16.8 Å². The van der Waals surface area contributed by atoms with Crippen LogP contribution >= 0.6 is 0 Å². The van der Waals surface area contributed by atoms with Crippen molar-refractivity contribution < 1.29 is 4.79 Å². The fraction of sp³-hybridized carbons (Fsp3) is 0.250. The Labute approximate surface area is 144 Å². The second kappa shape index (κ2) is 8.20. The van der Waals surface area contributed by atoms with E-state index in [1.54, 1.807) is 0 Å². The van der Waals surface area contributed by atoms with Crippen LogP contribution in [0.5, 0.6) is 0 Å². The molecule has 2 N–H and O–H groups in total. The molecule has 0 bridgehead atoms. The van der Waals surface area contributed by atoms with E-state index in [1.807, 2.05) is 52.2 Å². The minimum atomic E-state index is -0.186. The standard InChI is InChI=1S/C20H25N3O/c1-15(2)21-20(24)22-18-11-7-16(8-12-18)5-6-17-9-13-19(14-10-17)23(3)4/h5-15H,1-4H3,(H2,21,22,24). The first-order chi connectivity index (χ1) is 11.4. The van der Waals surface area contributed by atoms with Gasteiger partial charge in [0.1, 0.15) is 0 Å². The Hall–Kier alpha value is -2.75. The van der Waals surface area contributed by atoms with E-state index < -0.39 is 0 Å². The first-order valence-electron chi connectivity index (χ1n) is 8.07. The SMILES string of the molecule is CC(C)NC(=O)Nc1ccc(C=Cc2ccc(N(C)C)cc2)cc1. The van der Waals surface area contributed by atoms with Gasteiger partial charge in [0.25, 0.3) is 0 Å². The summed E-state index contributed by atoms with van der Waals surface area (Å²) >= 11 is 0. The maximum absolute atomic E-state index is 11.7. The maximum atomic E-state index is 11.7. The van der Waals surface area contributed by atoms with Crippen molar-refractivity contribution in [2.75, 3.05) is 24.3 Å². The summed E-state index contributed by atoms with van der Waals surface area (Å²) < 4.78 is 0. The van der Waals surface area contributed by atoms with Gasteiger partial charge < -0.3 is 15.5 Å². The number of nitrogens with one attached hydrogen (secondary N) is 2. The zero-order valence-electron chi connectivity index (χ0n) is 14.7. The molecule has 0 saturated carbocycles. The molecular weight excluding hydrogens is 298 g/mol. The predicted octanol–water partition coefficient (Wildman–Crippen LogP) is 4.45. The van der Waals surface area contributed by atoms with Crippen molar-refractivity contribution in [1.29, 1.82) is 0 Å². The number of carbonyl (C=O) groups is 1. The van der Waals surface area contributed by atoms with Crippen LogP contribution in [0.15, 0.2) is 48.5 Å². The largest absolute Gasteiger partial charge is 0.378 e. The molecule has 0 heterocycles. The maximum Gasteiger partial charge on any atom is 0.319 e. The van der Waals surface area contributed by atoms with Crippen LogP contribution in [0.3, 0.4) is 0 Å². The number of rotatable bonds is 5. The molecule has 0 saturated heterocycles. The third-order valence-electron chi connectivity index (χ3n) is 3.47. The summed E-state index contributed by atoms with van der Waals surface area (Å²) in [6.45, 7) is 3.86. The van der Waals surface area contributed by atoms with Crippen LogP contribution < -0.4 is 15.5 Å². The summed E-state index contributed by atoms with van der Waals surface area (Å²) in [6.07, 6.45) is 4.13. The van der Waals surface area contributed by atoms with Crippen LogP contribution in [-0.4, -0.2) is 26.2 Å². The van der Waals surface area contributed by atoms with Crippen LogP contribution in [0.25, 0.3) is 12.2 Å². The molecule has 0 unspecified atom stereocenters. The van der Waals surface area contributed by atoms with Gasteiger partial charge in [-0.05, 0) is 49.2 Å². The number of urea groups is 1. The molecule has 2 rings (SSSR count). The molecule has 2 aromatic carbocycles. The Balaban J connectivity index is 1.96. The minimum absolute atomic E-state index is 0.117. The van der Waals surface area contributed by atoms with Gasteiger partial charge in [0.2, 0.25) is 0 Å². The summed E-state index contributed by atoms with van der Waals surface area (Å²) in [5, 5.41) is 5.61. The summed E-state index contributed by atoms with van der Waals surface area (Å²) in [6, 6.07) is 16.1. The van der Waals surface area contributed by atoms with E-state index in [-0.39, 0.29) is 12.1 Å². The zero-order valence-corrected chi connectivity index (χ0v) is 14.7. The van der Waals surface area contributed by atoms with Crippen molar-refractivity contribution in [3.05, 3.63) is 59.7 Å². The van der Waals surface area contributed by atoms with E-state index in [0.29, 0.717) is 0 Å². The van der Waals surface area contributed by atoms with E-state index >= 15 is 0 Å². The van der Waals surface area contributed by atoms with Crippen molar-refractivity contribution in [1.82, 2.24) is 5.32 Å². The number of amides is 2. The van der Waals surface area contributed by atoms with Gasteiger partial charge >= 0.3 is 6.03 Å². The van der Waals surface area contributed by atoms with Crippen molar-refractivity contribution in [3.63, 3.8) is 0 Å². The topological polar surface area (TPSA) is 44.4 Å². The van der Waals surface area contributed by atoms with Gasteiger partial charge in [-0.25, -0.2) is 4.79 Å². The number of benzene rings is 2. The average molecular weight is 323 g/mol. The van der Waals surface area contributed by atoms with E-state index in [1.165, 1.54) is 5.69 Å². The number of nitrogens with zero attached hydrogens (tertiary/aromatic N) is 1. The van der Waals surface area contributed by atoms with E-state index in [2.05, 4.69) is 52.0 Å². The molecule has 0 aliphatic carbocycles. The van der Waals surface area contributed by atoms with Crippen LogP contribution in [0.2, 0.25) is 0 Å². The van der Waals surface area contributed by atoms with Gasteiger partial charge in [0, 0.05) is 31.5 Å². The molecule has 4 heteroatoms. The third-order valence-corrected chi connectivity index (χ3v) is 3.47. The summed E-state index contributed by atoms with van der Waals surface area (Å²) in [7, 11) is 4.06. The zero-order chi connectivity index (χ0) is 17.5. The average Bonchev–Trinajstić information content (AvgIpc) is 2.54. The molecule has 126 valence electrons. The molecule has 0 aliphatic rings. The monoisotopic (exact) mass is 323 g/mol. The molecule has 0 fully saturated rings. The highest BCUT2D eigenvalue weighted by molar-refractivity contribution is 5.89. The van der Waals surface area contributed by atoms with Gasteiger partial charge in [-0.3, -0.25) is 0 Å². The fourth-order valence-electron chi connectivity index (χ4n) is 2.18. The molecule has 0 spiro atoms. The molecule has 24 heavy (non-hydrogen) atoms. The number of hydrogen-bond donors (Lipinski definition) is 2.